The van der Waals surface area contributed by atoms with Gasteiger partial charge < -0.3 is 29.6 Å². The Kier molecular flexibility index (Phi) is 11.0. The van der Waals surface area contributed by atoms with E-state index in [4.69, 9.17) is 18.9 Å². The van der Waals surface area contributed by atoms with Gasteiger partial charge in [0.2, 0.25) is 0 Å². The minimum atomic E-state index is -0.824. The SMILES string of the molecule is C=C(C)C(=O)OC(C)COC(=O)NC(C)NC(=O)OCC(C)OC(=O)C(=C)C. The van der Waals surface area contributed by atoms with Crippen LogP contribution in [0, 0.1) is 0 Å². The van der Waals surface area contributed by atoms with Crippen molar-refractivity contribution >= 4 is 24.1 Å². The summed E-state index contributed by atoms with van der Waals surface area (Å²) < 4.78 is 19.7. The first kappa shape index (κ1) is 25.0. The van der Waals surface area contributed by atoms with Crippen LogP contribution in [0.2, 0.25) is 0 Å². The minimum absolute atomic E-state index is 0.173. The number of rotatable bonds is 10. The van der Waals surface area contributed by atoms with E-state index in [-0.39, 0.29) is 24.4 Å². The summed E-state index contributed by atoms with van der Waals surface area (Å²) in [6, 6.07) is 0. The normalized spacial score (nSPS) is 13.2. The van der Waals surface area contributed by atoms with Gasteiger partial charge in [-0.1, -0.05) is 13.2 Å². The van der Waals surface area contributed by atoms with Crippen LogP contribution in [0.3, 0.4) is 0 Å². The van der Waals surface area contributed by atoms with E-state index in [1.165, 1.54) is 20.8 Å². The van der Waals surface area contributed by atoms with Gasteiger partial charge in [-0.3, -0.25) is 0 Å². The largest absolute Gasteiger partial charge is 0.456 e. The quantitative estimate of drug-likeness (QED) is 0.246. The average Bonchev–Trinajstić information content (AvgIpc) is 2.57. The van der Waals surface area contributed by atoms with Crippen molar-refractivity contribution in [2.24, 2.45) is 0 Å². The second-order valence-electron chi connectivity index (χ2n) is 6.20. The van der Waals surface area contributed by atoms with Gasteiger partial charge in [0, 0.05) is 11.1 Å². The highest BCUT2D eigenvalue weighted by atomic mass is 16.6. The molecule has 2 amide bonds. The summed E-state index contributed by atoms with van der Waals surface area (Å²) in [5.74, 6) is -1.17. The van der Waals surface area contributed by atoms with E-state index in [9.17, 15) is 19.2 Å². The molecule has 0 aliphatic heterocycles. The summed E-state index contributed by atoms with van der Waals surface area (Å²) in [5, 5.41) is 4.70. The lowest BCUT2D eigenvalue weighted by Gasteiger charge is -2.18. The van der Waals surface area contributed by atoms with Gasteiger partial charge in [0.05, 0.1) is 0 Å². The van der Waals surface area contributed by atoms with Crippen molar-refractivity contribution < 1.29 is 38.1 Å². The number of ether oxygens (including phenoxy) is 4. The zero-order valence-electron chi connectivity index (χ0n) is 16.8. The zero-order valence-corrected chi connectivity index (χ0v) is 16.8. The predicted molar refractivity (Wildman–Crippen MR) is 99.2 cm³/mol. The fourth-order valence-corrected chi connectivity index (χ4v) is 1.49. The molecule has 0 fully saturated rings. The monoisotopic (exact) mass is 400 g/mol. The molecule has 28 heavy (non-hydrogen) atoms. The minimum Gasteiger partial charge on any atom is -0.456 e. The summed E-state index contributed by atoms with van der Waals surface area (Å²) in [6.45, 7) is 14.1. The van der Waals surface area contributed by atoms with Crippen LogP contribution in [0.1, 0.15) is 34.6 Å². The summed E-state index contributed by atoms with van der Waals surface area (Å²) in [7, 11) is 0. The molecular weight excluding hydrogens is 372 g/mol. The maximum Gasteiger partial charge on any atom is 0.408 e. The lowest BCUT2D eigenvalue weighted by molar-refractivity contribution is -0.146. The summed E-state index contributed by atoms with van der Waals surface area (Å²) >= 11 is 0. The first-order chi connectivity index (χ1) is 12.9. The van der Waals surface area contributed by atoms with E-state index in [1.807, 2.05) is 0 Å². The van der Waals surface area contributed by atoms with Crippen LogP contribution in [-0.4, -0.2) is 55.7 Å². The number of nitrogens with one attached hydrogen (secondary N) is 2. The molecule has 0 aromatic rings. The number of alkyl carbamates (subject to hydrolysis) is 2. The Bertz CT molecular complexity index is 565. The fourth-order valence-electron chi connectivity index (χ4n) is 1.49. The zero-order chi connectivity index (χ0) is 21.9. The molecule has 0 saturated heterocycles. The van der Waals surface area contributed by atoms with Crippen LogP contribution in [0.5, 0.6) is 0 Å². The van der Waals surface area contributed by atoms with Crippen molar-refractivity contribution in [2.45, 2.75) is 53.0 Å². The average molecular weight is 400 g/mol. The van der Waals surface area contributed by atoms with E-state index < -0.39 is 42.5 Å². The topological polar surface area (TPSA) is 129 Å². The third-order valence-electron chi connectivity index (χ3n) is 2.88. The molecule has 0 bridgehead atoms. The molecule has 0 aromatic carbocycles. The van der Waals surface area contributed by atoms with E-state index in [0.717, 1.165) is 0 Å². The molecule has 0 rings (SSSR count). The van der Waals surface area contributed by atoms with Gasteiger partial charge in [-0.05, 0) is 34.6 Å². The number of carbonyl (C=O) groups is 4. The van der Waals surface area contributed by atoms with Crippen molar-refractivity contribution in [3.05, 3.63) is 24.3 Å². The third-order valence-corrected chi connectivity index (χ3v) is 2.88. The standard InChI is InChI=1S/C18H28N2O8/c1-10(2)15(21)27-12(5)8-25-17(23)19-14(7)20-18(24)26-9-13(6)28-16(22)11(3)4/h12-14H,1,3,8-9H2,2,4-7H3,(H,19,23)(H,20,24). The van der Waals surface area contributed by atoms with Gasteiger partial charge in [-0.25, -0.2) is 19.2 Å². The summed E-state index contributed by atoms with van der Waals surface area (Å²) in [6.07, 6.45) is -3.77. The Balaban J connectivity index is 4.10. The Morgan fingerprint density at radius 3 is 1.36 bits per heavy atom. The third kappa shape index (κ3) is 11.6. The maximum absolute atomic E-state index is 11.7. The molecule has 2 atom stereocenters. The number of amides is 2. The fraction of sp³-hybridized carbons (Fsp3) is 0.556. The predicted octanol–water partition coefficient (Wildman–Crippen LogP) is 1.80. The first-order valence-electron chi connectivity index (χ1n) is 8.51. The Morgan fingerprint density at radius 1 is 0.750 bits per heavy atom. The second-order valence-corrected chi connectivity index (χ2v) is 6.20. The van der Waals surface area contributed by atoms with Crippen molar-refractivity contribution in [3.8, 4) is 0 Å². The van der Waals surface area contributed by atoms with Gasteiger partial charge in [-0.15, -0.1) is 0 Å². The molecule has 2 N–H and O–H groups in total. The van der Waals surface area contributed by atoms with Crippen molar-refractivity contribution in [1.82, 2.24) is 10.6 Å². The van der Waals surface area contributed by atoms with Gasteiger partial charge in [0.15, 0.2) is 0 Å². The van der Waals surface area contributed by atoms with Gasteiger partial charge in [-0.2, -0.15) is 0 Å². The molecule has 2 unspecified atom stereocenters. The summed E-state index contributed by atoms with van der Waals surface area (Å²) in [4.78, 5) is 46.0. The molecule has 0 radical (unpaired) electrons. The smallest absolute Gasteiger partial charge is 0.408 e. The molecule has 0 saturated carbocycles. The Hall–Kier alpha value is -3.04. The van der Waals surface area contributed by atoms with Gasteiger partial charge in [0.25, 0.3) is 0 Å². The number of hydrogen-bond acceptors (Lipinski definition) is 8. The number of esters is 2. The molecule has 10 heteroatoms. The van der Waals surface area contributed by atoms with Crippen LogP contribution < -0.4 is 10.6 Å². The van der Waals surface area contributed by atoms with Crippen LogP contribution in [0.15, 0.2) is 24.3 Å². The molecule has 0 aliphatic rings. The highest BCUT2D eigenvalue weighted by molar-refractivity contribution is 5.87. The van der Waals surface area contributed by atoms with Crippen molar-refractivity contribution in [1.29, 1.82) is 0 Å². The highest BCUT2D eigenvalue weighted by Gasteiger charge is 2.17. The van der Waals surface area contributed by atoms with Gasteiger partial charge in [0.1, 0.15) is 31.6 Å². The van der Waals surface area contributed by atoms with E-state index in [1.54, 1.807) is 13.8 Å². The lowest BCUT2D eigenvalue weighted by Crippen LogP contribution is -2.47. The van der Waals surface area contributed by atoms with Crippen LogP contribution >= 0.6 is 0 Å². The Morgan fingerprint density at radius 2 is 1.07 bits per heavy atom. The second kappa shape index (κ2) is 12.4. The van der Waals surface area contributed by atoms with Gasteiger partial charge >= 0.3 is 24.1 Å². The van der Waals surface area contributed by atoms with Crippen molar-refractivity contribution in [2.75, 3.05) is 13.2 Å². The van der Waals surface area contributed by atoms with E-state index in [0.29, 0.717) is 0 Å². The molecule has 0 spiro atoms. The van der Waals surface area contributed by atoms with E-state index in [2.05, 4.69) is 23.8 Å². The van der Waals surface area contributed by atoms with Crippen LogP contribution in [0.25, 0.3) is 0 Å². The lowest BCUT2D eigenvalue weighted by atomic mass is 10.3. The van der Waals surface area contributed by atoms with E-state index >= 15 is 0 Å². The number of hydrogen-bond donors (Lipinski definition) is 2. The highest BCUT2D eigenvalue weighted by Crippen LogP contribution is 2.00. The molecular formula is C18H28N2O8. The molecule has 158 valence electrons. The first-order valence-corrected chi connectivity index (χ1v) is 8.51. The molecule has 0 aromatic heterocycles. The Labute approximate surface area is 164 Å². The number of carbonyl (C=O) groups excluding carboxylic acids is 4. The molecule has 0 heterocycles. The maximum atomic E-state index is 11.7. The van der Waals surface area contributed by atoms with Crippen LogP contribution in [0.4, 0.5) is 9.59 Å². The summed E-state index contributed by atoms with van der Waals surface area (Å²) in [5.41, 5.74) is 0.465. The van der Waals surface area contributed by atoms with Crippen molar-refractivity contribution in [3.63, 3.8) is 0 Å². The van der Waals surface area contributed by atoms with Crippen LogP contribution in [-0.2, 0) is 28.5 Å². The molecule has 0 aliphatic carbocycles. The molecule has 10 nitrogen and oxygen atoms in total.